The number of hydrogen-bond acceptors (Lipinski definition) is 3. The number of nitrogens with one attached hydrogen (secondary N) is 1. The number of nitrogens with zero attached hydrogens (tertiary/aromatic N) is 2. The lowest BCUT2D eigenvalue weighted by atomic mass is 9.99. The van der Waals surface area contributed by atoms with Crippen LogP contribution in [0.15, 0.2) is 0 Å². The van der Waals surface area contributed by atoms with Crippen LogP contribution in [0.3, 0.4) is 0 Å². The van der Waals surface area contributed by atoms with Gasteiger partial charge in [-0.05, 0) is 50.6 Å². The van der Waals surface area contributed by atoms with Gasteiger partial charge in [0.25, 0.3) is 0 Å². The second-order valence-corrected chi connectivity index (χ2v) is 5.92. The van der Waals surface area contributed by atoms with Crippen molar-refractivity contribution in [1.82, 2.24) is 15.1 Å². The first-order chi connectivity index (χ1) is 8.31. The van der Waals surface area contributed by atoms with E-state index >= 15 is 0 Å². The molecule has 0 bridgehead atoms. The van der Waals surface area contributed by atoms with Gasteiger partial charge < -0.3 is 10.2 Å². The fourth-order valence-electron chi connectivity index (χ4n) is 3.00. The molecule has 3 aliphatic rings. The molecular weight excluding hydrogens is 250 g/mol. The lowest BCUT2D eigenvalue weighted by Gasteiger charge is -2.27. The van der Waals surface area contributed by atoms with Crippen molar-refractivity contribution >= 4 is 18.3 Å². The van der Waals surface area contributed by atoms with Crippen LogP contribution in [-0.4, -0.2) is 55.1 Å². The van der Waals surface area contributed by atoms with Crippen LogP contribution in [0.4, 0.5) is 0 Å². The molecule has 18 heavy (non-hydrogen) atoms. The van der Waals surface area contributed by atoms with Crippen molar-refractivity contribution in [3.05, 3.63) is 0 Å². The van der Waals surface area contributed by atoms with Gasteiger partial charge in [0.15, 0.2) is 0 Å². The third-order valence-electron chi connectivity index (χ3n) is 4.17. The minimum atomic E-state index is 0. The van der Waals surface area contributed by atoms with Gasteiger partial charge in [0.2, 0.25) is 5.91 Å². The summed E-state index contributed by atoms with van der Waals surface area (Å²) < 4.78 is 0. The maximum Gasteiger partial charge on any atom is 0.237 e. The van der Waals surface area contributed by atoms with E-state index in [0.717, 1.165) is 38.1 Å². The Balaban J connectivity index is 0.00000120. The van der Waals surface area contributed by atoms with Crippen molar-refractivity contribution in [3.63, 3.8) is 0 Å². The Kier molecular flexibility index (Phi) is 4.87. The molecule has 2 heterocycles. The summed E-state index contributed by atoms with van der Waals surface area (Å²) in [7, 11) is 0. The van der Waals surface area contributed by atoms with Gasteiger partial charge in [0, 0.05) is 13.1 Å². The topological polar surface area (TPSA) is 35.6 Å². The van der Waals surface area contributed by atoms with Crippen LogP contribution in [0, 0.1) is 11.8 Å². The van der Waals surface area contributed by atoms with Gasteiger partial charge in [-0.1, -0.05) is 0 Å². The molecule has 2 saturated heterocycles. The van der Waals surface area contributed by atoms with E-state index in [1.807, 2.05) is 0 Å². The van der Waals surface area contributed by atoms with E-state index < -0.39 is 0 Å². The molecule has 5 heteroatoms. The number of halogens is 1. The number of carbonyl (C=O) groups excluding carboxylic acids is 1. The van der Waals surface area contributed by atoms with Crippen LogP contribution in [0.5, 0.6) is 0 Å². The Hall–Kier alpha value is -0.320. The van der Waals surface area contributed by atoms with Gasteiger partial charge in [-0.3, -0.25) is 9.69 Å². The normalized spacial score (nSPS) is 29.4. The zero-order valence-electron chi connectivity index (χ0n) is 10.9. The average Bonchev–Trinajstić information content (AvgIpc) is 3.07. The summed E-state index contributed by atoms with van der Waals surface area (Å²) in [6.07, 6.45) is 5.27. The first-order valence-electron chi connectivity index (χ1n) is 7.02. The predicted octanol–water partition coefficient (Wildman–Crippen LogP) is 0.919. The standard InChI is InChI=1S/C13H23N3O.ClH/c17-13-9-15(7-12-2-1-5-14-6-12)10-16(13)8-11-3-4-11;/h11-12,14H,1-10H2;1H. The molecule has 4 nitrogen and oxygen atoms in total. The van der Waals surface area contributed by atoms with E-state index in [0.29, 0.717) is 12.5 Å². The zero-order valence-corrected chi connectivity index (χ0v) is 11.8. The van der Waals surface area contributed by atoms with Crippen LogP contribution < -0.4 is 5.32 Å². The summed E-state index contributed by atoms with van der Waals surface area (Å²) >= 11 is 0. The third-order valence-corrected chi connectivity index (χ3v) is 4.17. The SMILES string of the molecule is Cl.O=C1CN(CC2CCCNC2)CN1CC1CC1. The highest BCUT2D eigenvalue weighted by molar-refractivity contribution is 5.85. The second-order valence-electron chi connectivity index (χ2n) is 5.92. The van der Waals surface area contributed by atoms with E-state index in [9.17, 15) is 4.79 Å². The Morgan fingerprint density at radius 3 is 2.67 bits per heavy atom. The highest BCUT2D eigenvalue weighted by atomic mass is 35.5. The lowest BCUT2D eigenvalue weighted by Crippen LogP contribution is -2.38. The number of amides is 1. The van der Waals surface area contributed by atoms with Crippen LogP contribution in [0.2, 0.25) is 0 Å². The zero-order chi connectivity index (χ0) is 11.7. The molecule has 1 amide bonds. The monoisotopic (exact) mass is 273 g/mol. The minimum Gasteiger partial charge on any atom is -0.328 e. The van der Waals surface area contributed by atoms with Gasteiger partial charge in [-0.25, -0.2) is 0 Å². The molecule has 3 fully saturated rings. The maximum absolute atomic E-state index is 11.9. The fraction of sp³-hybridized carbons (Fsp3) is 0.923. The fourth-order valence-corrected chi connectivity index (χ4v) is 3.00. The molecule has 0 aromatic carbocycles. The van der Waals surface area contributed by atoms with Gasteiger partial charge in [-0.2, -0.15) is 0 Å². The molecule has 0 aromatic heterocycles. The first-order valence-corrected chi connectivity index (χ1v) is 7.02. The highest BCUT2D eigenvalue weighted by Crippen LogP contribution is 2.30. The highest BCUT2D eigenvalue weighted by Gasteiger charge is 2.33. The van der Waals surface area contributed by atoms with Crippen LogP contribution >= 0.6 is 12.4 Å². The Morgan fingerprint density at radius 1 is 1.17 bits per heavy atom. The molecule has 1 N–H and O–H groups in total. The van der Waals surface area contributed by atoms with E-state index in [-0.39, 0.29) is 12.4 Å². The van der Waals surface area contributed by atoms with E-state index in [4.69, 9.17) is 0 Å². The van der Waals surface area contributed by atoms with Crippen molar-refractivity contribution in [2.45, 2.75) is 25.7 Å². The molecule has 0 radical (unpaired) electrons. The molecule has 2 aliphatic heterocycles. The van der Waals surface area contributed by atoms with Crippen LogP contribution in [0.1, 0.15) is 25.7 Å². The minimum absolute atomic E-state index is 0. The summed E-state index contributed by atoms with van der Waals surface area (Å²) in [4.78, 5) is 16.3. The van der Waals surface area contributed by atoms with Crippen molar-refractivity contribution in [3.8, 4) is 0 Å². The molecule has 1 saturated carbocycles. The molecular formula is C13H24ClN3O. The first kappa shape index (κ1) is 14.1. The van der Waals surface area contributed by atoms with Crippen molar-refractivity contribution in [2.24, 2.45) is 11.8 Å². The Labute approximate surface area is 115 Å². The molecule has 1 aliphatic carbocycles. The number of piperidine rings is 1. The van der Waals surface area contributed by atoms with Crippen LogP contribution in [-0.2, 0) is 4.79 Å². The molecule has 0 spiro atoms. The van der Waals surface area contributed by atoms with Crippen molar-refractivity contribution < 1.29 is 4.79 Å². The average molecular weight is 274 g/mol. The summed E-state index contributed by atoms with van der Waals surface area (Å²) in [5.41, 5.74) is 0. The van der Waals surface area contributed by atoms with Gasteiger partial charge in [0.1, 0.15) is 0 Å². The number of hydrogen-bond donors (Lipinski definition) is 1. The molecule has 1 atom stereocenters. The lowest BCUT2D eigenvalue weighted by molar-refractivity contribution is -0.126. The molecule has 1 unspecified atom stereocenters. The maximum atomic E-state index is 11.9. The van der Waals surface area contributed by atoms with E-state index in [1.165, 1.54) is 32.2 Å². The number of carbonyl (C=O) groups is 1. The van der Waals surface area contributed by atoms with Crippen molar-refractivity contribution in [1.29, 1.82) is 0 Å². The van der Waals surface area contributed by atoms with Gasteiger partial charge in [-0.15, -0.1) is 12.4 Å². The van der Waals surface area contributed by atoms with Crippen molar-refractivity contribution in [2.75, 3.05) is 39.4 Å². The second kappa shape index (κ2) is 6.22. The molecule has 3 rings (SSSR count). The third kappa shape index (κ3) is 3.59. The Morgan fingerprint density at radius 2 is 2.00 bits per heavy atom. The summed E-state index contributed by atoms with van der Waals surface area (Å²) in [6, 6.07) is 0. The largest absolute Gasteiger partial charge is 0.328 e. The smallest absolute Gasteiger partial charge is 0.237 e. The Bertz CT molecular complexity index is 290. The van der Waals surface area contributed by atoms with Crippen LogP contribution in [0.25, 0.3) is 0 Å². The predicted molar refractivity (Wildman–Crippen MR) is 73.7 cm³/mol. The summed E-state index contributed by atoms with van der Waals surface area (Å²) in [6.45, 7) is 5.95. The quantitative estimate of drug-likeness (QED) is 0.827. The van der Waals surface area contributed by atoms with Gasteiger partial charge in [0.05, 0.1) is 13.2 Å². The van der Waals surface area contributed by atoms with E-state index in [1.54, 1.807) is 0 Å². The molecule has 104 valence electrons. The summed E-state index contributed by atoms with van der Waals surface area (Å²) in [5.74, 6) is 1.91. The molecule has 0 aromatic rings. The van der Waals surface area contributed by atoms with Gasteiger partial charge >= 0.3 is 0 Å². The summed E-state index contributed by atoms with van der Waals surface area (Å²) in [5, 5.41) is 3.45. The number of rotatable bonds is 4. The van der Waals surface area contributed by atoms with E-state index in [2.05, 4.69) is 15.1 Å².